The lowest BCUT2D eigenvalue weighted by atomic mass is 9.98. The Kier molecular flexibility index (Phi) is 16.5. The second-order valence-corrected chi connectivity index (χ2v) is 14.0. The summed E-state index contributed by atoms with van der Waals surface area (Å²) < 4.78 is 28.6. The van der Waals surface area contributed by atoms with E-state index in [1.807, 2.05) is 24.3 Å². The summed E-state index contributed by atoms with van der Waals surface area (Å²) in [6.07, 6.45) is 21.4. The number of nitrogens with two attached hydrogens (primary N) is 2. The molecule has 232 valence electrons. The molecule has 0 spiro atoms. The second kappa shape index (κ2) is 19.2. The van der Waals surface area contributed by atoms with Gasteiger partial charge in [-0.15, -0.1) is 0 Å². The second-order valence-electron chi connectivity index (χ2n) is 12.1. The van der Waals surface area contributed by atoms with Crippen molar-refractivity contribution in [2.45, 2.75) is 166 Å². The Bertz CT molecular complexity index is 991. The summed E-state index contributed by atoms with van der Waals surface area (Å²) >= 11 is 0. The van der Waals surface area contributed by atoms with E-state index in [-0.39, 0.29) is 0 Å². The van der Waals surface area contributed by atoms with Gasteiger partial charge in [-0.05, 0) is 97.9 Å². The number of hydrogen-bond acceptors (Lipinski definition) is 4. The Morgan fingerprint density at radius 2 is 0.683 bits per heavy atom. The van der Waals surface area contributed by atoms with Crippen LogP contribution < -0.4 is 11.5 Å². The number of sulfone groups is 1. The van der Waals surface area contributed by atoms with Crippen molar-refractivity contribution >= 4 is 21.2 Å². The monoisotopic (exact) mass is 584 g/mol. The lowest BCUT2D eigenvalue weighted by Gasteiger charge is -2.18. The van der Waals surface area contributed by atoms with Crippen molar-refractivity contribution in [3.8, 4) is 0 Å². The SMILES string of the molecule is CCCCCCc1cc(S(=O)(=O)c2cc(CCCCCC)c(N)c(CCCCCC)c2)cc(CCCCCC)c1N. The van der Waals surface area contributed by atoms with Crippen LogP contribution in [0, 0.1) is 0 Å². The van der Waals surface area contributed by atoms with E-state index in [1.165, 1.54) is 51.4 Å². The maximum Gasteiger partial charge on any atom is 0.206 e. The van der Waals surface area contributed by atoms with Gasteiger partial charge in [-0.25, -0.2) is 8.42 Å². The Hall–Kier alpha value is -2.01. The third kappa shape index (κ3) is 11.3. The Balaban J connectivity index is 2.51. The van der Waals surface area contributed by atoms with Gasteiger partial charge in [-0.3, -0.25) is 0 Å². The number of nitrogen functional groups attached to an aromatic ring is 2. The number of benzene rings is 2. The molecule has 0 saturated carbocycles. The molecule has 0 aliphatic rings. The number of unbranched alkanes of at least 4 members (excludes halogenated alkanes) is 12. The zero-order chi connectivity index (χ0) is 30.1. The van der Waals surface area contributed by atoms with Gasteiger partial charge in [0.15, 0.2) is 0 Å². The molecule has 5 heteroatoms. The molecule has 0 aliphatic carbocycles. The molecule has 2 rings (SSSR count). The molecule has 4 N–H and O–H groups in total. The van der Waals surface area contributed by atoms with Gasteiger partial charge in [0.1, 0.15) is 0 Å². The first-order valence-corrected chi connectivity index (χ1v) is 18.4. The van der Waals surface area contributed by atoms with Crippen LogP contribution in [-0.4, -0.2) is 8.42 Å². The van der Waals surface area contributed by atoms with Crippen LogP contribution in [0.4, 0.5) is 11.4 Å². The predicted molar refractivity (Wildman–Crippen MR) is 179 cm³/mol. The van der Waals surface area contributed by atoms with Crippen molar-refractivity contribution in [2.75, 3.05) is 11.5 Å². The minimum atomic E-state index is -3.71. The first-order valence-electron chi connectivity index (χ1n) is 16.9. The normalized spacial score (nSPS) is 11.8. The zero-order valence-corrected chi connectivity index (χ0v) is 27.6. The molecule has 0 amide bonds. The van der Waals surface area contributed by atoms with Gasteiger partial charge < -0.3 is 11.5 Å². The molecule has 0 saturated heterocycles. The maximum absolute atomic E-state index is 14.3. The van der Waals surface area contributed by atoms with E-state index in [1.54, 1.807) is 0 Å². The van der Waals surface area contributed by atoms with E-state index in [0.29, 0.717) is 9.79 Å². The van der Waals surface area contributed by atoms with E-state index in [0.717, 1.165) is 111 Å². The van der Waals surface area contributed by atoms with E-state index < -0.39 is 9.84 Å². The third-order valence-corrected chi connectivity index (χ3v) is 10.2. The molecule has 0 aliphatic heterocycles. The Morgan fingerprint density at radius 1 is 0.439 bits per heavy atom. The number of aryl methyl sites for hydroxylation is 4. The molecule has 0 radical (unpaired) electrons. The summed E-state index contributed by atoms with van der Waals surface area (Å²) in [5.74, 6) is 0. The van der Waals surface area contributed by atoms with E-state index in [2.05, 4.69) is 27.7 Å². The van der Waals surface area contributed by atoms with Crippen molar-refractivity contribution in [3.63, 3.8) is 0 Å². The summed E-state index contributed by atoms with van der Waals surface area (Å²) in [4.78, 5) is 0.780. The van der Waals surface area contributed by atoms with Crippen molar-refractivity contribution < 1.29 is 8.42 Å². The molecular formula is C36H60N2O2S. The molecule has 0 fully saturated rings. The minimum Gasteiger partial charge on any atom is -0.398 e. The fourth-order valence-corrected chi connectivity index (χ4v) is 7.20. The van der Waals surface area contributed by atoms with Gasteiger partial charge >= 0.3 is 0 Å². The molecule has 0 unspecified atom stereocenters. The minimum absolute atomic E-state index is 0.390. The largest absolute Gasteiger partial charge is 0.398 e. The molecule has 2 aromatic carbocycles. The Morgan fingerprint density at radius 3 is 0.902 bits per heavy atom. The smallest absolute Gasteiger partial charge is 0.206 e. The fraction of sp³-hybridized carbons (Fsp3) is 0.667. The van der Waals surface area contributed by atoms with Gasteiger partial charge in [0.25, 0.3) is 0 Å². The van der Waals surface area contributed by atoms with Crippen molar-refractivity contribution in [1.29, 1.82) is 0 Å². The van der Waals surface area contributed by atoms with Gasteiger partial charge in [0.05, 0.1) is 9.79 Å². The predicted octanol–water partition coefficient (Wildman–Crippen LogP) is 10.2. The summed E-state index contributed by atoms with van der Waals surface area (Å²) in [5, 5.41) is 0. The van der Waals surface area contributed by atoms with Gasteiger partial charge in [0, 0.05) is 11.4 Å². The number of rotatable bonds is 22. The van der Waals surface area contributed by atoms with Crippen molar-refractivity contribution in [2.24, 2.45) is 0 Å². The van der Waals surface area contributed by atoms with Crippen LogP contribution in [0.5, 0.6) is 0 Å². The van der Waals surface area contributed by atoms with Crippen LogP contribution in [0.25, 0.3) is 0 Å². The zero-order valence-electron chi connectivity index (χ0n) is 26.8. The lowest BCUT2D eigenvalue weighted by molar-refractivity contribution is 0.594. The first kappa shape index (κ1) is 35.2. The summed E-state index contributed by atoms with van der Waals surface area (Å²) in [7, 11) is -3.71. The maximum atomic E-state index is 14.3. The first-order chi connectivity index (χ1) is 19.8. The van der Waals surface area contributed by atoms with Gasteiger partial charge in [-0.1, -0.05) is 105 Å². The van der Waals surface area contributed by atoms with E-state index in [4.69, 9.17) is 11.5 Å². The average Bonchev–Trinajstić information content (AvgIpc) is 2.96. The highest BCUT2D eigenvalue weighted by molar-refractivity contribution is 7.91. The molecule has 0 atom stereocenters. The third-order valence-electron chi connectivity index (χ3n) is 8.47. The number of hydrogen-bond donors (Lipinski definition) is 2. The average molecular weight is 585 g/mol. The lowest BCUT2D eigenvalue weighted by Crippen LogP contribution is -2.10. The number of anilines is 2. The van der Waals surface area contributed by atoms with Crippen LogP contribution in [0.1, 0.15) is 153 Å². The van der Waals surface area contributed by atoms with Crippen LogP contribution in [0.15, 0.2) is 34.1 Å². The fourth-order valence-electron chi connectivity index (χ4n) is 5.74. The van der Waals surface area contributed by atoms with E-state index >= 15 is 0 Å². The highest BCUT2D eigenvalue weighted by Gasteiger charge is 2.23. The van der Waals surface area contributed by atoms with Crippen molar-refractivity contribution in [1.82, 2.24) is 0 Å². The van der Waals surface area contributed by atoms with Crippen molar-refractivity contribution in [3.05, 3.63) is 46.5 Å². The van der Waals surface area contributed by atoms with Crippen LogP contribution in [0.3, 0.4) is 0 Å². The highest BCUT2D eigenvalue weighted by Crippen LogP contribution is 2.33. The Labute approximate surface area is 253 Å². The molecular weight excluding hydrogens is 524 g/mol. The highest BCUT2D eigenvalue weighted by atomic mass is 32.2. The molecule has 2 aromatic rings. The van der Waals surface area contributed by atoms with Crippen LogP contribution in [-0.2, 0) is 35.5 Å². The van der Waals surface area contributed by atoms with Crippen LogP contribution in [0.2, 0.25) is 0 Å². The molecule has 41 heavy (non-hydrogen) atoms. The summed E-state index contributed by atoms with van der Waals surface area (Å²) in [6, 6.07) is 7.46. The molecule has 0 bridgehead atoms. The summed E-state index contributed by atoms with van der Waals surface area (Å²) in [5.41, 5.74) is 18.9. The quantitative estimate of drug-likeness (QED) is 0.106. The summed E-state index contributed by atoms with van der Waals surface area (Å²) in [6.45, 7) is 8.83. The molecule has 0 aromatic heterocycles. The van der Waals surface area contributed by atoms with Crippen LogP contribution >= 0.6 is 0 Å². The van der Waals surface area contributed by atoms with E-state index in [9.17, 15) is 8.42 Å². The molecule has 4 nitrogen and oxygen atoms in total. The van der Waals surface area contributed by atoms with Gasteiger partial charge in [0.2, 0.25) is 9.84 Å². The molecule has 0 heterocycles. The van der Waals surface area contributed by atoms with Gasteiger partial charge in [-0.2, -0.15) is 0 Å². The standard InChI is InChI=1S/C36H60N2O2S/c1-5-9-13-17-21-29-25-33(26-30(35(29)37)22-18-14-10-6-2)41(39,40)34-27-31(23-19-15-11-7-3)36(38)32(28-34)24-20-16-12-8-4/h25-28H,5-24,37-38H2,1-4H3. The topological polar surface area (TPSA) is 86.2 Å².